The van der Waals surface area contributed by atoms with Crippen LogP contribution in [-0.4, -0.2) is 45.4 Å². The molecule has 1 aromatic heterocycles. The number of hydrogen-bond donors (Lipinski definition) is 1. The summed E-state index contributed by atoms with van der Waals surface area (Å²) in [5, 5.41) is 24.0. The van der Waals surface area contributed by atoms with E-state index in [9.17, 15) is 23.3 Å². The van der Waals surface area contributed by atoms with Crippen LogP contribution in [0.4, 0.5) is 5.69 Å². The number of fused-ring (bicyclic) bond motifs is 1. The van der Waals surface area contributed by atoms with Gasteiger partial charge in [0.15, 0.2) is 5.84 Å². The molecule has 2 aromatic rings. The molecule has 0 saturated heterocycles. The van der Waals surface area contributed by atoms with Crippen LogP contribution in [0.25, 0.3) is 17.4 Å². The van der Waals surface area contributed by atoms with Crippen LogP contribution < -0.4 is 0 Å². The number of furan rings is 1. The number of amides is 1. The Bertz CT molecular complexity index is 1320. The molecule has 0 aliphatic carbocycles. The monoisotopic (exact) mass is 459 g/mol. The molecular weight excluding hydrogens is 446 g/mol. The van der Waals surface area contributed by atoms with Gasteiger partial charge >= 0.3 is 0 Å². The number of amidine groups is 2. The fourth-order valence-corrected chi connectivity index (χ4v) is 4.86. The molecule has 0 atom stereocenters. The minimum absolute atomic E-state index is 0.00480. The van der Waals surface area contributed by atoms with E-state index in [1.807, 2.05) is 0 Å². The molecule has 2 aliphatic rings. The van der Waals surface area contributed by atoms with Gasteiger partial charge in [-0.3, -0.25) is 20.3 Å². The second kappa shape index (κ2) is 7.59. The highest BCUT2D eigenvalue weighted by atomic mass is 32.3. The highest BCUT2D eigenvalue weighted by Gasteiger charge is 2.39. The first-order chi connectivity index (χ1) is 14.7. The quantitative estimate of drug-likeness (QED) is 0.415. The van der Waals surface area contributed by atoms with Gasteiger partial charge in [0.2, 0.25) is 19.4 Å². The fourth-order valence-electron chi connectivity index (χ4n) is 2.70. The SMILES string of the molecule is CCS(=O)(=O)C1=NN2C(=N)/C(=C\c3ccc(-c4ccc([N+](=O)[O-])cc4)o3)C(=O)N=C2S1. The number of nitro benzene ring substituents is 1. The van der Waals surface area contributed by atoms with Crippen molar-refractivity contribution in [3.8, 4) is 11.3 Å². The molecule has 11 nitrogen and oxygen atoms in total. The van der Waals surface area contributed by atoms with E-state index in [-0.39, 0.29) is 38.2 Å². The molecule has 1 amide bonds. The molecule has 0 spiro atoms. The van der Waals surface area contributed by atoms with Crippen LogP contribution in [0.15, 0.2) is 56.5 Å². The van der Waals surface area contributed by atoms with Crippen molar-refractivity contribution >= 4 is 54.6 Å². The van der Waals surface area contributed by atoms with Crippen molar-refractivity contribution < 1.29 is 22.6 Å². The van der Waals surface area contributed by atoms with Crippen LogP contribution in [0.2, 0.25) is 0 Å². The first-order valence-corrected chi connectivity index (χ1v) is 11.2. The van der Waals surface area contributed by atoms with Gasteiger partial charge in [-0.1, -0.05) is 6.92 Å². The van der Waals surface area contributed by atoms with E-state index < -0.39 is 20.7 Å². The summed E-state index contributed by atoms with van der Waals surface area (Å²) in [6, 6.07) is 8.94. The molecular formula is C18H13N5O6S2. The largest absolute Gasteiger partial charge is 0.457 e. The van der Waals surface area contributed by atoms with E-state index in [2.05, 4.69) is 10.1 Å². The molecule has 31 heavy (non-hydrogen) atoms. The lowest BCUT2D eigenvalue weighted by molar-refractivity contribution is -0.384. The van der Waals surface area contributed by atoms with Crippen molar-refractivity contribution in [2.45, 2.75) is 6.92 Å². The molecule has 0 fully saturated rings. The van der Waals surface area contributed by atoms with Crippen LogP contribution in [0.1, 0.15) is 12.7 Å². The van der Waals surface area contributed by atoms with E-state index >= 15 is 0 Å². The van der Waals surface area contributed by atoms with Gasteiger partial charge in [-0.15, -0.1) is 5.10 Å². The number of hydrazone groups is 1. The second-order valence-electron chi connectivity index (χ2n) is 6.30. The van der Waals surface area contributed by atoms with Gasteiger partial charge in [-0.25, -0.2) is 8.42 Å². The molecule has 4 rings (SSSR count). The molecule has 0 radical (unpaired) electrons. The number of carbonyl (C=O) groups is 1. The molecule has 0 saturated carbocycles. The van der Waals surface area contributed by atoms with E-state index in [1.165, 1.54) is 37.3 Å². The normalized spacial score (nSPS) is 17.6. The number of hydrogen-bond acceptors (Lipinski definition) is 9. The molecule has 13 heteroatoms. The average molecular weight is 459 g/mol. The number of benzene rings is 1. The Morgan fingerprint density at radius 3 is 2.61 bits per heavy atom. The summed E-state index contributed by atoms with van der Waals surface area (Å²) >= 11 is 0.724. The van der Waals surface area contributed by atoms with Gasteiger partial charge in [-0.05, 0) is 42.1 Å². The van der Waals surface area contributed by atoms with Crippen molar-refractivity contribution in [1.29, 1.82) is 5.41 Å². The van der Waals surface area contributed by atoms with Gasteiger partial charge in [-0.2, -0.15) is 10.0 Å². The lowest BCUT2D eigenvalue weighted by atomic mass is 10.1. The van der Waals surface area contributed by atoms with E-state index in [1.54, 1.807) is 12.1 Å². The minimum atomic E-state index is -3.61. The lowest BCUT2D eigenvalue weighted by Crippen LogP contribution is -2.35. The number of non-ortho nitro benzene ring substituents is 1. The van der Waals surface area contributed by atoms with Gasteiger partial charge in [0.1, 0.15) is 11.5 Å². The Morgan fingerprint density at radius 1 is 1.26 bits per heavy atom. The Morgan fingerprint density at radius 2 is 1.97 bits per heavy atom. The number of carbonyl (C=O) groups excluding carboxylic acids is 1. The maximum atomic E-state index is 12.4. The summed E-state index contributed by atoms with van der Waals surface area (Å²) in [5.41, 5.74) is 0.421. The highest BCUT2D eigenvalue weighted by molar-refractivity contribution is 8.42. The van der Waals surface area contributed by atoms with Crippen molar-refractivity contribution in [2.75, 3.05) is 5.75 Å². The summed E-state index contributed by atoms with van der Waals surface area (Å²) in [5.74, 6) is -0.550. The predicted octanol–water partition coefficient (Wildman–Crippen LogP) is 2.87. The topological polar surface area (TPSA) is 159 Å². The minimum Gasteiger partial charge on any atom is -0.457 e. The average Bonchev–Trinajstić information content (AvgIpc) is 3.39. The number of rotatable bonds is 4. The fraction of sp³-hybridized carbons (Fsp3) is 0.111. The number of nitro groups is 1. The summed E-state index contributed by atoms with van der Waals surface area (Å²) in [4.78, 5) is 26.5. The molecule has 0 bridgehead atoms. The molecule has 0 unspecified atom stereocenters. The Labute approximate surface area is 179 Å². The Balaban J connectivity index is 1.62. The van der Waals surface area contributed by atoms with Crippen molar-refractivity contribution in [2.24, 2.45) is 10.1 Å². The number of thioether (sulfide) groups is 1. The van der Waals surface area contributed by atoms with Gasteiger partial charge in [0.25, 0.3) is 11.6 Å². The number of aliphatic imine (C=N–C) groups is 1. The van der Waals surface area contributed by atoms with Gasteiger partial charge < -0.3 is 4.42 Å². The third kappa shape index (κ3) is 3.80. The van der Waals surface area contributed by atoms with Crippen LogP contribution in [0, 0.1) is 15.5 Å². The smallest absolute Gasteiger partial charge is 0.283 e. The highest BCUT2D eigenvalue weighted by Crippen LogP contribution is 2.31. The summed E-state index contributed by atoms with van der Waals surface area (Å²) in [6.45, 7) is 1.47. The first kappa shape index (κ1) is 20.7. The number of sulfone groups is 1. The molecule has 1 aromatic carbocycles. The summed E-state index contributed by atoms with van der Waals surface area (Å²) < 4.78 is 29.5. The van der Waals surface area contributed by atoms with Crippen molar-refractivity contribution in [3.63, 3.8) is 0 Å². The summed E-state index contributed by atoms with van der Waals surface area (Å²) in [6.07, 6.45) is 1.31. The standard InChI is InChI=1S/C18H13N5O6S2/c1-2-31(27,28)18-21-22-15(19)13(16(24)20-17(22)30-18)9-12-7-8-14(29-12)10-3-5-11(6-4-10)23(25)26/h3-9,19H,2H2,1H3/b13-9+,19-15?. The third-order valence-corrected chi connectivity index (χ3v) is 7.45. The molecule has 1 N–H and O–H groups in total. The van der Waals surface area contributed by atoms with Crippen LogP contribution >= 0.6 is 11.8 Å². The van der Waals surface area contributed by atoms with E-state index in [0.29, 0.717) is 11.3 Å². The van der Waals surface area contributed by atoms with E-state index in [4.69, 9.17) is 9.83 Å². The Hall–Kier alpha value is -3.58. The van der Waals surface area contributed by atoms with Crippen LogP contribution in [0.5, 0.6) is 0 Å². The maximum absolute atomic E-state index is 12.4. The van der Waals surface area contributed by atoms with Gasteiger partial charge in [0.05, 0.1) is 16.2 Å². The Kier molecular flexibility index (Phi) is 5.07. The number of nitrogens with zero attached hydrogens (tertiary/aromatic N) is 4. The zero-order chi connectivity index (χ0) is 22.3. The second-order valence-corrected chi connectivity index (χ2v) is 9.70. The van der Waals surface area contributed by atoms with Crippen molar-refractivity contribution in [1.82, 2.24) is 5.01 Å². The lowest BCUT2D eigenvalue weighted by Gasteiger charge is -2.19. The van der Waals surface area contributed by atoms with Gasteiger partial charge in [0, 0.05) is 17.7 Å². The molecule has 2 aliphatic heterocycles. The third-order valence-electron chi connectivity index (χ3n) is 4.36. The maximum Gasteiger partial charge on any atom is 0.283 e. The molecule has 3 heterocycles. The summed E-state index contributed by atoms with van der Waals surface area (Å²) in [7, 11) is -3.61. The van der Waals surface area contributed by atoms with Crippen LogP contribution in [0.3, 0.4) is 0 Å². The zero-order valence-electron chi connectivity index (χ0n) is 15.8. The van der Waals surface area contributed by atoms with E-state index in [0.717, 1.165) is 16.8 Å². The zero-order valence-corrected chi connectivity index (χ0v) is 17.4. The van der Waals surface area contributed by atoms with Crippen molar-refractivity contribution in [3.05, 3.63) is 57.8 Å². The first-order valence-electron chi connectivity index (χ1n) is 8.77. The predicted molar refractivity (Wildman–Crippen MR) is 115 cm³/mol. The molecule has 158 valence electrons. The van der Waals surface area contributed by atoms with Crippen LogP contribution in [-0.2, 0) is 14.6 Å². The number of nitrogens with one attached hydrogen (secondary N) is 1.